The Hall–Kier alpha value is -2.27. The molecule has 0 unspecified atom stereocenters. The standard InChI is InChI=1S/C15H9BrN2O2/c16-13-6-5-11(7-10(13)8-19)20-15-12-3-1-2-4-14(12)17-9-18-15/h1-9H. The monoisotopic (exact) mass is 328 g/mol. The molecule has 0 atom stereocenters. The molecule has 0 saturated heterocycles. The molecule has 0 bridgehead atoms. The highest BCUT2D eigenvalue weighted by Gasteiger charge is 2.07. The highest BCUT2D eigenvalue weighted by molar-refractivity contribution is 9.10. The van der Waals surface area contributed by atoms with E-state index in [0.717, 1.165) is 21.7 Å². The molecule has 0 aliphatic rings. The third kappa shape index (κ3) is 2.40. The molecular formula is C15H9BrN2O2. The largest absolute Gasteiger partial charge is 0.438 e. The van der Waals surface area contributed by atoms with Gasteiger partial charge in [0, 0.05) is 10.0 Å². The van der Waals surface area contributed by atoms with E-state index in [4.69, 9.17) is 4.74 Å². The van der Waals surface area contributed by atoms with Crippen LogP contribution in [0, 0.1) is 0 Å². The summed E-state index contributed by atoms with van der Waals surface area (Å²) in [4.78, 5) is 19.3. The van der Waals surface area contributed by atoms with Crippen LogP contribution in [0.4, 0.5) is 0 Å². The number of aromatic nitrogens is 2. The van der Waals surface area contributed by atoms with Gasteiger partial charge in [-0.1, -0.05) is 28.1 Å². The Bertz CT molecular complexity index is 784. The molecule has 0 amide bonds. The van der Waals surface area contributed by atoms with Gasteiger partial charge >= 0.3 is 0 Å². The number of hydrogen-bond acceptors (Lipinski definition) is 4. The second kappa shape index (κ2) is 5.38. The number of fused-ring (bicyclic) bond motifs is 1. The van der Waals surface area contributed by atoms with Crippen molar-refractivity contribution in [2.75, 3.05) is 0 Å². The van der Waals surface area contributed by atoms with Crippen molar-refractivity contribution in [2.45, 2.75) is 0 Å². The molecule has 98 valence electrons. The van der Waals surface area contributed by atoms with E-state index in [9.17, 15) is 4.79 Å². The number of rotatable bonds is 3. The molecule has 0 saturated carbocycles. The van der Waals surface area contributed by atoms with Crippen LogP contribution in [-0.4, -0.2) is 16.3 Å². The molecule has 2 aromatic carbocycles. The molecule has 0 radical (unpaired) electrons. The van der Waals surface area contributed by atoms with Gasteiger partial charge in [0.1, 0.15) is 12.1 Å². The second-order valence-electron chi connectivity index (χ2n) is 4.10. The van der Waals surface area contributed by atoms with Crippen molar-refractivity contribution >= 4 is 33.1 Å². The minimum atomic E-state index is 0.467. The van der Waals surface area contributed by atoms with Gasteiger partial charge in [-0.05, 0) is 30.3 Å². The Morgan fingerprint density at radius 1 is 1.10 bits per heavy atom. The molecule has 4 nitrogen and oxygen atoms in total. The van der Waals surface area contributed by atoms with Crippen molar-refractivity contribution in [2.24, 2.45) is 0 Å². The lowest BCUT2D eigenvalue weighted by molar-refractivity contribution is 0.112. The molecule has 1 heterocycles. The molecule has 0 fully saturated rings. The topological polar surface area (TPSA) is 52.1 Å². The molecule has 1 aromatic heterocycles. The number of ether oxygens (including phenoxy) is 1. The fourth-order valence-electron chi connectivity index (χ4n) is 1.85. The van der Waals surface area contributed by atoms with Gasteiger partial charge in [-0.25, -0.2) is 9.97 Å². The summed E-state index contributed by atoms with van der Waals surface area (Å²) >= 11 is 3.30. The fourth-order valence-corrected chi connectivity index (χ4v) is 2.19. The summed E-state index contributed by atoms with van der Waals surface area (Å²) in [5.74, 6) is 1.02. The highest BCUT2D eigenvalue weighted by atomic mass is 79.9. The minimum Gasteiger partial charge on any atom is -0.438 e. The summed E-state index contributed by atoms with van der Waals surface area (Å²) in [7, 11) is 0. The van der Waals surface area contributed by atoms with Gasteiger partial charge in [0.2, 0.25) is 5.88 Å². The zero-order valence-electron chi connectivity index (χ0n) is 10.3. The SMILES string of the molecule is O=Cc1cc(Oc2ncnc3ccccc23)ccc1Br. The maximum atomic E-state index is 10.9. The van der Waals surface area contributed by atoms with E-state index in [2.05, 4.69) is 25.9 Å². The smallest absolute Gasteiger partial charge is 0.230 e. The van der Waals surface area contributed by atoms with Gasteiger partial charge in [0.25, 0.3) is 0 Å². The normalized spacial score (nSPS) is 10.4. The number of halogens is 1. The summed E-state index contributed by atoms with van der Waals surface area (Å²) in [6, 6.07) is 12.8. The summed E-state index contributed by atoms with van der Waals surface area (Å²) in [5.41, 5.74) is 1.34. The average molecular weight is 329 g/mol. The second-order valence-corrected chi connectivity index (χ2v) is 4.95. The third-order valence-electron chi connectivity index (χ3n) is 2.82. The summed E-state index contributed by atoms with van der Waals surface area (Å²) in [6.45, 7) is 0. The van der Waals surface area contributed by atoms with Gasteiger partial charge < -0.3 is 4.74 Å². The zero-order chi connectivity index (χ0) is 13.9. The lowest BCUT2D eigenvalue weighted by Gasteiger charge is -2.08. The summed E-state index contributed by atoms with van der Waals surface area (Å²) in [5, 5.41) is 0.825. The van der Waals surface area contributed by atoms with Crippen LogP contribution in [0.5, 0.6) is 11.6 Å². The van der Waals surface area contributed by atoms with Crippen LogP contribution in [0.25, 0.3) is 10.9 Å². The van der Waals surface area contributed by atoms with Crippen molar-refractivity contribution in [3.63, 3.8) is 0 Å². The molecule has 3 rings (SSSR count). The Morgan fingerprint density at radius 2 is 1.95 bits per heavy atom. The van der Waals surface area contributed by atoms with Crippen molar-refractivity contribution in [1.29, 1.82) is 0 Å². The quantitative estimate of drug-likeness (QED) is 0.682. The predicted octanol–water partition coefficient (Wildman–Crippen LogP) is 4.00. The summed E-state index contributed by atoms with van der Waals surface area (Å²) < 4.78 is 6.49. The molecule has 0 N–H and O–H groups in total. The number of para-hydroxylation sites is 1. The lowest BCUT2D eigenvalue weighted by atomic mass is 10.2. The number of benzene rings is 2. The molecule has 0 aliphatic carbocycles. The molecule has 0 spiro atoms. The van der Waals surface area contributed by atoms with Gasteiger partial charge in [0.15, 0.2) is 6.29 Å². The third-order valence-corrected chi connectivity index (χ3v) is 3.54. The van der Waals surface area contributed by atoms with E-state index >= 15 is 0 Å². The number of nitrogens with zero attached hydrogens (tertiary/aromatic N) is 2. The van der Waals surface area contributed by atoms with E-state index in [1.165, 1.54) is 6.33 Å². The lowest BCUT2D eigenvalue weighted by Crippen LogP contribution is -1.92. The molecule has 20 heavy (non-hydrogen) atoms. The Balaban J connectivity index is 2.03. The number of hydrogen-bond donors (Lipinski definition) is 0. The van der Waals surface area contributed by atoms with E-state index in [0.29, 0.717) is 17.2 Å². The first-order chi connectivity index (χ1) is 9.78. The van der Waals surface area contributed by atoms with Gasteiger partial charge in [0.05, 0.1) is 10.9 Å². The average Bonchev–Trinajstić information content (AvgIpc) is 2.49. The van der Waals surface area contributed by atoms with Crippen LogP contribution >= 0.6 is 15.9 Å². The van der Waals surface area contributed by atoms with Crippen molar-refractivity contribution in [3.8, 4) is 11.6 Å². The van der Waals surface area contributed by atoms with E-state index in [1.54, 1.807) is 18.2 Å². The molecule has 5 heteroatoms. The first kappa shape index (κ1) is 12.7. The van der Waals surface area contributed by atoms with E-state index in [1.807, 2.05) is 24.3 Å². The van der Waals surface area contributed by atoms with Gasteiger partial charge in [-0.2, -0.15) is 0 Å². The molecule has 3 aromatic rings. The van der Waals surface area contributed by atoms with E-state index in [-0.39, 0.29) is 0 Å². The minimum absolute atomic E-state index is 0.467. The maximum Gasteiger partial charge on any atom is 0.230 e. The van der Waals surface area contributed by atoms with Crippen LogP contribution in [-0.2, 0) is 0 Å². The van der Waals surface area contributed by atoms with Crippen LogP contribution in [0.2, 0.25) is 0 Å². The number of carbonyl (C=O) groups excluding carboxylic acids is 1. The van der Waals surface area contributed by atoms with Crippen LogP contribution in [0.15, 0.2) is 53.3 Å². The van der Waals surface area contributed by atoms with E-state index < -0.39 is 0 Å². The summed E-state index contributed by atoms with van der Waals surface area (Å²) in [6.07, 6.45) is 2.23. The van der Waals surface area contributed by atoms with Gasteiger partial charge in [-0.15, -0.1) is 0 Å². The number of carbonyl (C=O) groups is 1. The molecular weight excluding hydrogens is 320 g/mol. The number of aldehydes is 1. The van der Waals surface area contributed by atoms with Crippen LogP contribution < -0.4 is 4.74 Å². The predicted molar refractivity (Wildman–Crippen MR) is 79.1 cm³/mol. The Morgan fingerprint density at radius 3 is 2.80 bits per heavy atom. The zero-order valence-corrected chi connectivity index (χ0v) is 11.9. The Kier molecular flexibility index (Phi) is 3.43. The maximum absolute atomic E-state index is 10.9. The first-order valence-corrected chi connectivity index (χ1v) is 6.69. The van der Waals surface area contributed by atoms with Crippen molar-refractivity contribution < 1.29 is 9.53 Å². The van der Waals surface area contributed by atoms with Crippen molar-refractivity contribution in [1.82, 2.24) is 9.97 Å². The molecule has 0 aliphatic heterocycles. The van der Waals surface area contributed by atoms with Crippen molar-refractivity contribution in [3.05, 3.63) is 58.8 Å². The fraction of sp³-hybridized carbons (Fsp3) is 0. The Labute approximate surface area is 123 Å². The highest BCUT2D eigenvalue weighted by Crippen LogP contribution is 2.28. The van der Waals surface area contributed by atoms with Gasteiger partial charge in [-0.3, -0.25) is 4.79 Å². The first-order valence-electron chi connectivity index (χ1n) is 5.90. The van der Waals surface area contributed by atoms with Crippen LogP contribution in [0.3, 0.4) is 0 Å². The van der Waals surface area contributed by atoms with Crippen LogP contribution in [0.1, 0.15) is 10.4 Å².